The van der Waals surface area contributed by atoms with Crippen LogP contribution in [0.25, 0.3) is 0 Å². The second-order valence-corrected chi connectivity index (χ2v) is 4.43. The fraction of sp³-hybridized carbons (Fsp3) is 0.267. The van der Waals surface area contributed by atoms with Crippen molar-refractivity contribution in [2.45, 2.75) is 27.1 Å². The molecule has 0 aliphatic carbocycles. The number of ether oxygens (including phenoxy) is 1. The Morgan fingerprint density at radius 2 is 1.94 bits per heavy atom. The van der Waals surface area contributed by atoms with Crippen LogP contribution in [-0.4, -0.2) is 10.1 Å². The van der Waals surface area contributed by atoms with Crippen LogP contribution in [0.3, 0.4) is 0 Å². The van der Waals surface area contributed by atoms with Gasteiger partial charge in [0.25, 0.3) is 0 Å². The molecule has 2 rings (SSSR count). The molecule has 0 atom stereocenters. The van der Waals surface area contributed by atoms with Gasteiger partial charge in [-0.1, -0.05) is 17.7 Å². The molecule has 94 valence electrons. The molecule has 2 aromatic rings. The monoisotopic (exact) mass is 243 g/mol. The molecule has 1 N–H and O–H groups in total. The SMILES string of the molecule is Cc1cncc(COc2ccc(C)cc2CO)c1. The number of hydrogen-bond acceptors (Lipinski definition) is 3. The first kappa shape index (κ1) is 12.6. The quantitative estimate of drug-likeness (QED) is 0.897. The maximum atomic E-state index is 9.29. The van der Waals surface area contributed by atoms with Crippen LogP contribution < -0.4 is 4.74 Å². The van der Waals surface area contributed by atoms with Crippen molar-refractivity contribution in [2.75, 3.05) is 0 Å². The van der Waals surface area contributed by atoms with Gasteiger partial charge in [0.1, 0.15) is 12.4 Å². The van der Waals surface area contributed by atoms with Crippen molar-refractivity contribution in [1.29, 1.82) is 0 Å². The Balaban J connectivity index is 2.10. The van der Waals surface area contributed by atoms with Crippen LogP contribution in [0.2, 0.25) is 0 Å². The molecule has 0 aliphatic rings. The molecule has 18 heavy (non-hydrogen) atoms. The highest BCUT2D eigenvalue weighted by atomic mass is 16.5. The highest BCUT2D eigenvalue weighted by Crippen LogP contribution is 2.21. The summed E-state index contributed by atoms with van der Waals surface area (Å²) in [5, 5.41) is 9.29. The van der Waals surface area contributed by atoms with E-state index in [-0.39, 0.29) is 6.61 Å². The Kier molecular flexibility index (Phi) is 3.95. The first-order chi connectivity index (χ1) is 8.69. The predicted molar refractivity (Wildman–Crippen MR) is 70.4 cm³/mol. The lowest BCUT2D eigenvalue weighted by molar-refractivity contribution is 0.258. The van der Waals surface area contributed by atoms with Gasteiger partial charge in [-0.25, -0.2) is 0 Å². The molecule has 0 radical (unpaired) electrons. The van der Waals surface area contributed by atoms with E-state index in [0.717, 1.165) is 28.0 Å². The van der Waals surface area contributed by atoms with Gasteiger partial charge in [0, 0.05) is 23.5 Å². The van der Waals surface area contributed by atoms with Gasteiger partial charge in [-0.15, -0.1) is 0 Å². The molecule has 1 heterocycles. The third-order valence-corrected chi connectivity index (χ3v) is 2.71. The van der Waals surface area contributed by atoms with Crippen molar-refractivity contribution in [3.8, 4) is 5.75 Å². The van der Waals surface area contributed by atoms with Gasteiger partial charge in [-0.3, -0.25) is 4.98 Å². The maximum absolute atomic E-state index is 9.29. The van der Waals surface area contributed by atoms with E-state index in [1.54, 1.807) is 6.20 Å². The molecule has 1 aromatic heterocycles. The van der Waals surface area contributed by atoms with Crippen LogP contribution in [0.5, 0.6) is 5.75 Å². The predicted octanol–water partition coefficient (Wildman–Crippen LogP) is 2.77. The van der Waals surface area contributed by atoms with Crippen molar-refractivity contribution in [3.05, 3.63) is 58.9 Å². The van der Waals surface area contributed by atoms with Gasteiger partial charge in [0.2, 0.25) is 0 Å². The van der Waals surface area contributed by atoms with E-state index in [2.05, 4.69) is 4.98 Å². The van der Waals surface area contributed by atoms with E-state index in [0.29, 0.717) is 6.61 Å². The number of nitrogens with zero attached hydrogens (tertiary/aromatic N) is 1. The molecule has 0 aliphatic heterocycles. The molecule has 0 amide bonds. The number of benzene rings is 1. The van der Waals surface area contributed by atoms with Gasteiger partial charge < -0.3 is 9.84 Å². The zero-order valence-corrected chi connectivity index (χ0v) is 10.7. The first-order valence-corrected chi connectivity index (χ1v) is 5.93. The number of hydrogen-bond donors (Lipinski definition) is 1. The Morgan fingerprint density at radius 3 is 2.67 bits per heavy atom. The van der Waals surface area contributed by atoms with Crippen molar-refractivity contribution in [2.24, 2.45) is 0 Å². The summed E-state index contributed by atoms with van der Waals surface area (Å²) in [6, 6.07) is 7.84. The van der Waals surface area contributed by atoms with E-state index in [1.807, 2.05) is 44.3 Å². The normalized spacial score (nSPS) is 10.4. The fourth-order valence-electron chi connectivity index (χ4n) is 1.83. The number of aryl methyl sites for hydroxylation is 2. The lowest BCUT2D eigenvalue weighted by Gasteiger charge is -2.11. The minimum Gasteiger partial charge on any atom is -0.488 e. The topological polar surface area (TPSA) is 42.4 Å². The van der Waals surface area contributed by atoms with E-state index < -0.39 is 0 Å². The number of aliphatic hydroxyl groups is 1. The molecule has 3 heteroatoms. The Bertz CT molecular complexity index is 538. The van der Waals surface area contributed by atoms with Gasteiger partial charge >= 0.3 is 0 Å². The second-order valence-electron chi connectivity index (χ2n) is 4.43. The van der Waals surface area contributed by atoms with E-state index >= 15 is 0 Å². The van der Waals surface area contributed by atoms with E-state index in [9.17, 15) is 5.11 Å². The second kappa shape index (κ2) is 5.65. The Morgan fingerprint density at radius 1 is 1.11 bits per heavy atom. The highest BCUT2D eigenvalue weighted by Gasteiger charge is 2.03. The summed E-state index contributed by atoms with van der Waals surface area (Å²) in [5.74, 6) is 0.726. The number of rotatable bonds is 4. The molecular weight excluding hydrogens is 226 g/mol. The van der Waals surface area contributed by atoms with Crippen molar-refractivity contribution >= 4 is 0 Å². The highest BCUT2D eigenvalue weighted by molar-refractivity contribution is 5.36. The summed E-state index contributed by atoms with van der Waals surface area (Å²) in [7, 11) is 0. The largest absolute Gasteiger partial charge is 0.488 e. The standard InChI is InChI=1S/C15H17NO2/c1-11-3-4-15(14(6-11)9-17)18-10-13-5-12(2)7-16-8-13/h3-8,17H,9-10H2,1-2H3. The zero-order chi connectivity index (χ0) is 13.0. The smallest absolute Gasteiger partial charge is 0.125 e. The molecule has 0 bridgehead atoms. The molecule has 0 saturated heterocycles. The molecule has 3 nitrogen and oxygen atoms in total. The van der Waals surface area contributed by atoms with Gasteiger partial charge in [0.05, 0.1) is 6.61 Å². The third kappa shape index (κ3) is 3.08. The molecule has 1 aromatic carbocycles. The summed E-state index contributed by atoms with van der Waals surface area (Å²) >= 11 is 0. The molecule has 0 unspecified atom stereocenters. The van der Waals surface area contributed by atoms with Crippen LogP contribution in [-0.2, 0) is 13.2 Å². The van der Waals surface area contributed by atoms with Crippen LogP contribution >= 0.6 is 0 Å². The van der Waals surface area contributed by atoms with Crippen molar-refractivity contribution in [3.63, 3.8) is 0 Å². The van der Waals surface area contributed by atoms with Crippen LogP contribution in [0.15, 0.2) is 36.7 Å². The van der Waals surface area contributed by atoms with Crippen LogP contribution in [0.1, 0.15) is 22.3 Å². The first-order valence-electron chi connectivity index (χ1n) is 5.93. The summed E-state index contributed by atoms with van der Waals surface area (Å²) in [4.78, 5) is 4.12. The lowest BCUT2D eigenvalue weighted by Crippen LogP contribution is -2.00. The van der Waals surface area contributed by atoms with E-state index in [4.69, 9.17) is 4.74 Å². The van der Waals surface area contributed by atoms with Crippen LogP contribution in [0, 0.1) is 13.8 Å². The van der Waals surface area contributed by atoms with Gasteiger partial charge in [-0.2, -0.15) is 0 Å². The summed E-state index contributed by atoms with van der Waals surface area (Å²) < 4.78 is 5.72. The lowest BCUT2D eigenvalue weighted by atomic mass is 10.1. The summed E-state index contributed by atoms with van der Waals surface area (Å²) in [6.07, 6.45) is 3.61. The van der Waals surface area contributed by atoms with Crippen molar-refractivity contribution < 1.29 is 9.84 Å². The van der Waals surface area contributed by atoms with Gasteiger partial charge in [0.15, 0.2) is 0 Å². The number of aromatic nitrogens is 1. The Labute approximate surface area is 107 Å². The molecule has 0 spiro atoms. The van der Waals surface area contributed by atoms with Gasteiger partial charge in [-0.05, 0) is 31.5 Å². The summed E-state index contributed by atoms with van der Waals surface area (Å²) in [6.45, 7) is 4.45. The minimum absolute atomic E-state index is 0.0108. The number of pyridine rings is 1. The number of aliphatic hydroxyl groups excluding tert-OH is 1. The average molecular weight is 243 g/mol. The Hall–Kier alpha value is -1.87. The molecule has 0 saturated carbocycles. The van der Waals surface area contributed by atoms with E-state index in [1.165, 1.54) is 0 Å². The molecule has 0 fully saturated rings. The van der Waals surface area contributed by atoms with Crippen molar-refractivity contribution in [1.82, 2.24) is 4.98 Å². The summed E-state index contributed by atoms with van der Waals surface area (Å²) in [5.41, 5.74) is 4.07. The minimum atomic E-state index is -0.0108. The van der Waals surface area contributed by atoms with Crippen LogP contribution in [0.4, 0.5) is 0 Å². The third-order valence-electron chi connectivity index (χ3n) is 2.71. The zero-order valence-electron chi connectivity index (χ0n) is 10.7. The average Bonchev–Trinajstić information content (AvgIpc) is 2.37. The fourth-order valence-corrected chi connectivity index (χ4v) is 1.83. The molecular formula is C15H17NO2. The maximum Gasteiger partial charge on any atom is 0.125 e.